The van der Waals surface area contributed by atoms with E-state index in [0.29, 0.717) is 17.8 Å². The van der Waals surface area contributed by atoms with Crippen LogP contribution in [0, 0.1) is 0 Å². The lowest BCUT2D eigenvalue weighted by Crippen LogP contribution is -2.05. The molecule has 4 nitrogen and oxygen atoms in total. The lowest BCUT2D eigenvalue weighted by molar-refractivity contribution is 0.585. The third kappa shape index (κ3) is 1.37. The summed E-state index contributed by atoms with van der Waals surface area (Å²) in [5.74, 6) is 2.42. The van der Waals surface area contributed by atoms with E-state index in [1.54, 1.807) is 6.20 Å². The second-order valence-corrected chi connectivity index (χ2v) is 4.81. The number of imidazole rings is 1. The number of nitrogens with zero attached hydrogens (tertiary/aromatic N) is 3. The lowest BCUT2D eigenvalue weighted by Gasteiger charge is -2.12. The minimum atomic E-state index is 0.419. The lowest BCUT2D eigenvalue weighted by atomic mass is 10.3. The van der Waals surface area contributed by atoms with Gasteiger partial charge in [-0.05, 0) is 26.7 Å². The molecule has 2 aromatic heterocycles. The summed E-state index contributed by atoms with van der Waals surface area (Å²) in [6.45, 7) is 4.37. The Labute approximate surface area is 94.5 Å². The number of fused-ring (bicyclic) bond motifs is 1. The molecule has 84 valence electrons. The first-order valence-corrected chi connectivity index (χ1v) is 5.80. The maximum atomic E-state index is 5.74. The van der Waals surface area contributed by atoms with Crippen molar-refractivity contribution in [1.29, 1.82) is 0 Å². The highest BCUT2D eigenvalue weighted by Gasteiger charge is 2.30. The fourth-order valence-electron chi connectivity index (χ4n) is 2.21. The molecule has 0 spiro atoms. The van der Waals surface area contributed by atoms with Gasteiger partial charge in [0.1, 0.15) is 17.2 Å². The van der Waals surface area contributed by atoms with Crippen molar-refractivity contribution in [2.75, 3.05) is 5.73 Å². The molecule has 3 rings (SSSR count). The standard InChI is InChI=1S/C12H16N4/c1-7(2)16-10-5-11(13)14-6-9(10)15-12(16)8-3-4-8/h5-8H,3-4H2,1-2H3,(H2,13,14). The van der Waals surface area contributed by atoms with Crippen LogP contribution in [0.25, 0.3) is 11.0 Å². The van der Waals surface area contributed by atoms with Crippen molar-refractivity contribution >= 4 is 16.9 Å². The van der Waals surface area contributed by atoms with Gasteiger partial charge in [-0.1, -0.05) is 0 Å². The zero-order valence-electron chi connectivity index (χ0n) is 9.64. The molecule has 1 aliphatic carbocycles. The van der Waals surface area contributed by atoms with Gasteiger partial charge >= 0.3 is 0 Å². The van der Waals surface area contributed by atoms with E-state index in [-0.39, 0.29) is 0 Å². The summed E-state index contributed by atoms with van der Waals surface area (Å²) < 4.78 is 2.30. The molecule has 0 radical (unpaired) electrons. The van der Waals surface area contributed by atoms with Gasteiger partial charge < -0.3 is 10.3 Å². The van der Waals surface area contributed by atoms with Gasteiger partial charge in [0.25, 0.3) is 0 Å². The number of hydrogen-bond donors (Lipinski definition) is 1. The van der Waals surface area contributed by atoms with E-state index in [2.05, 4.69) is 28.4 Å². The molecular weight excluding hydrogens is 200 g/mol. The Morgan fingerprint density at radius 1 is 1.44 bits per heavy atom. The quantitative estimate of drug-likeness (QED) is 0.839. The van der Waals surface area contributed by atoms with Crippen LogP contribution in [0.1, 0.15) is 44.5 Å². The number of hydrogen-bond acceptors (Lipinski definition) is 3. The number of aromatic nitrogens is 3. The van der Waals surface area contributed by atoms with Crippen molar-refractivity contribution < 1.29 is 0 Å². The third-order valence-electron chi connectivity index (χ3n) is 3.08. The summed E-state index contributed by atoms with van der Waals surface area (Å²) >= 11 is 0. The van der Waals surface area contributed by atoms with Crippen molar-refractivity contribution in [3.63, 3.8) is 0 Å². The van der Waals surface area contributed by atoms with Crippen LogP contribution in [0.4, 0.5) is 5.82 Å². The Kier molecular flexibility index (Phi) is 1.93. The van der Waals surface area contributed by atoms with Crippen LogP contribution in [0.2, 0.25) is 0 Å². The van der Waals surface area contributed by atoms with E-state index in [1.807, 2.05) is 6.07 Å². The molecule has 2 heterocycles. The first kappa shape index (κ1) is 9.63. The largest absolute Gasteiger partial charge is 0.384 e. The van der Waals surface area contributed by atoms with Crippen molar-refractivity contribution in [3.8, 4) is 0 Å². The maximum absolute atomic E-state index is 5.74. The Morgan fingerprint density at radius 3 is 2.81 bits per heavy atom. The molecule has 0 bridgehead atoms. The van der Waals surface area contributed by atoms with E-state index < -0.39 is 0 Å². The fourth-order valence-corrected chi connectivity index (χ4v) is 2.21. The molecule has 4 heteroatoms. The van der Waals surface area contributed by atoms with Gasteiger partial charge in [-0.25, -0.2) is 9.97 Å². The molecule has 1 aliphatic rings. The van der Waals surface area contributed by atoms with Crippen molar-refractivity contribution in [3.05, 3.63) is 18.1 Å². The number of rotatable bonds is 2. The smallest absolute Gasteiger partial charge is 0.125 e. The molecule has 0 amide bonds. The van der Waals surface area contributed by atoms with Crippen molar-refractivity contribution in [2.45, 2.75) is 38.6 Å². The number of nitrogens with two attached hydrogens (primary N) is 1. The molecule has 16 heavy (non-hydrogen) atoms. The van der Waals surface area contributed by atoms with E-state index in [0.717, 1.165) is 11.0 Å². The SMILES string of the molecule is CC(C)n1c(C2CC2)nc2cnc(N)cc21. The molecule has 0 saturated heterocycles. The van der Waals surface area contributed by atoms with E-state index in [1.165, 1.54) is 18.7 Å². The van der Waals surface area contributed by atoms with Crippen LogP contribution in [0.15, 0.2) is 12.3 Å². The predicted octanol–water partition coefficient (Wildman–Crippen LogP) is 2.47. The van der Waals surface area contributed by atoms with Gasteiger partial charge in [0, 0.05) is 18.0 Å². The first-order valence-electron chi connectivity index (χ1n) is 5.80. The van der Waals surface area contributed by atoms with E-state index >= 15 is 0 Å². The van der Waals surface area contributed by atoms with Crippen LogP contribution in [0.3, 0.4) is 0 Å². The Hall–Kier alpha value is -1.58. The van der Waals surface area contributed by atoms with Crippen LogP contribution < -0.4 is 5.73 Å². The van der Waals surface area contributed by atoms with Crippen molar-refractivity contribution in [2.24, 2.45) is 0 Å². The molecule has 0 aromatic carbocycles. The van der Waals surface area contributed by atoms with Crippen molar-refractivity contribution in [1.82, 2.24) is 14.5 Å². The average Bonchev–Trinajstić information content (AvgIpc) is 2.99. The molecule has 1 fully saturated rings. The number of nitrogen functional groups attached to an aromatic ring is 1. The Morgan fingerprint density at radius 2 is 2.19 bits per heavy atom. The van der Waals surface area contributed by atoms with Crippen LogP contribution in [-0.2, 0) is 0 Å². The zero-order chi connectivity index (χ0) is 11.3. The highest BCUT2D eigenvalue weighted by atomic mass is 15.1. The Balaban J connectivity index is 2.29. The Bertz CT molecular complexity index is 537. The number of anilines is 1. The normalized spacial score (nSPS) is 16.2. The zero-order valence-corrected chi connectivity index (χ0v) is 9.64. The molecule has 0 aliphatic heterocycles. The summed E-state index contributed by atoms with van der Waals surface area (Å²) in [6, 6.07) is 2.34. The van der Waals surface area contributed by atoms with Gasteiger partial charge in [-0.2, -0.15) is 0 Å². The summed E-state index contributed by atoms with van der Waals surface area (Å²) in [5, 5.41) is 0. The maximum Gasteiger partial charge on any atom is 0.125 e. The first-order chi connectivity index (χ1) is 7.66. The molecule has 1 saturated carbocycles. The minimum absolute atomic E-state index is 0.419. The molecule has 0 unspecified atom stereocenters. The monoisotopic (exact) mass is 216 g/mol. The third-order valence-corrected chi connectivity index (χ3v) is 3.08. The predicted molar refractivity (Wildman–Crippen MR) is 64.3 cm³/mol. The van der Waals surface area contributed by atoms with E-state index in [9.17, 15) is 0 Å². The second kappa shape index (κ2) is 3.20. The van der Waals surface area contributed by atoms with Gasteiger partial charge in [-0.15, -0.1) is 0 Å². The van der Waals surface area contributed by atoms with Gasteiger partial charge in [0.15, 0.2) is 0 Å². The van der Waals surface area contributed by atoms with Gasteiger partial charge in [0.2, 0.25) is 0 Å². The fraction of sp³-hybridized carbons (Fsp3) is 0.500. The second-order valence-electron chi connectivity index (χ2n) is 4.81. The molecule has 0 atom stereocenters. The summed E-state index contributed by atoms with van der Waals surface area (Å²) in [5.41, 5.74) is 7.82. The van der Waals surface area contributed by atoms with Gasteiger partial charge in [0.05, 0.1) is 11.7 Å². The topological polar surface area (TPSA) is 56.7 Å². The molecule has 2 aromatic rings. The summed E-state index contributed by atoms with van der Waals surface area (Å²) in [4.78, 5) is 8.78. The molecule has 2 N–H and O–H groups in total. The van der Waals surface area contributed by atoms with E-state index in [4.69, 9.17) is 5.73 Å². The molecular formula is C12H16N4. The van der Waals surface area contributed by atoms with Gasteiger partial charge in [-0.3, -0.25) is 0 Å². The highest BCUT2D eigenvalue weighted by Crippen LogP contribution is 2.41. The number of pyridine rings is 1. The minimum Gasteiger partial charge on any atom is -0.384 e. The van der Waals surface area contributed by atoms with Crippen LogP contribution >= 0.6 is 0 Å². The summed E-state index contributed by atoms with van der Waals surface area (Å²) in [6.07, 6.45) is 4.30. The average molecular weight is 216 g/mol. The summed E-state index contributed by atoms with van der Waals surface area (Å²) in [7, 11) is 0. The van der Waals surface area contributed by atoms with Crippen LogP contribution in [-0.4, -0.2) is 14.5 Å². The van der Waals surface area contributed by atoms with Crippen LogP contribution in [0.5, 0.6) is 0 Å². The highest BCUT2D eigenvalue weighted by molar-refractivity contribution is 5.78.